The second-order valence-corrected chi connectivity index (χ2v) is 6.61. The number of benzene rings is 1. The fourth-order valence-corrected chi connectivity index (χ4v) is 3.16. The van der Waals surface area contributed by atoms with Gasteiger partial charge in [0.2, 0.25) is 0 Å². The van der Waals surface area contributed by atoms with Gasteiger partial charge in [-0.3, -0.25) is 4.99 Å². The van der Waals surface area contributed by atoms with Crippen molar-refractivity contribution in [2.75, 3.05) is 21.3 Å². The van der Waals surface area contributed by atoms with Crippen LogP contribution in [0.1, 0.15) is 29.2 Å². The van der Waals surface area contributed by atoms with Gasteiger partial charge in [0, 0.05) is 40.3 Å². The van der Waals surface area contributed by atoms with Gasteiger partial charge in [0.15, 0.2) is 11.8 Å². The molecule has 0 saturated carbocycles. The first-order valence-electron chi connectivity index (χ1n) is 9.17. The van der Waals surface area contributed by atoms with Crippen molar-refractivity contribution in [2.45, 2.75) is 45.2 Å². The summed E-state index contributed by atoms with van der Waals surface area (Å²) in [5, 5.41) is 11.4. The van der Waals surface area contributed by atoms with Crippen LogP contribution in [0.15, 0.2) is 29.3 Å². The molecule has 1 unspecified atom stereocenters. The Morgan fingerprint density at radius 2 is 1.93 bits per heavy atom. The lowest BCUT2D eigenvalue weighted by atomic mass is 10.1. The topological polar surface area (TPSA) is 85.6 Å². The van der Waals surface area contributed by atoms with E-state index in [2.05, 4.69) is 50.0 Å². The molecule has 0 spiro atoms. The Kier molecular flexibility index (Phi) is 6.78. The highest BCUT2D eigenvalue weighted by Crippen LogP contribution is 2.13. The third-order valence-corrected chi connectivity index (χ3v) is 4.53. The van der Waals surface area contributed by atoms with Crippen molar-refractivity contribution in [3.63, 3.8) is 0 Å². The molecule has 27 heavy (non-hydrogen) atoms. The second kappa shape index (κ2) is 9.48. The molecule has 2 heterocycles. The Morgan fingerprint density at radius 3 is 2.63 bits per heavy atom. The highest BCUT2D eigenvalue weighted by Gasteiger charge is 2.22. The number of nitrogens with zero attached hydrogens (tertiary/aromatic N) is 4. The first-order valence-corrected chi connectivity index (χ1v) is 9.17. The lowest BCUT2D eigenvalue weighted by Crippen LogP contribution is -2.46. The smallest absolute Gasteiger partial charge is 0.191 e. The third kappa shape index (κ3) is 5.27. The van der Waals surface area contributed by atoms with Crippen molar-refractivity contribution in [1.82, 2.24) is 25.4 Å². The van der Waals surface area contributed by atoms with Gasteiger partial charge in [-0.25, -0.2) is 9.67 Å². The number of aliphatic imine (C=N–C) groups is 1. The van der Waals surface area contributed by atoms with Crippen LogP contribution >= 0.6 is 0 Å². The first kappa shape index (κ1) is 19.3. The molecule has 2 N–H and O–H groups in total. The molecule has 0 aliphatic carbocycles. The summed E-state index contributed by atoms with van der Waals surface area (Å²) in [5.41, 5.74) is 2.37. The largest absolute Gasteiger partial charge is 0.380 e. The maximum absolute atomic E-state index is 5.14. The van der Waals surface area contributed by atoms with Crippen molar-refractivity contribution in [3.8, 4) is 0 Å². The third-order valence-electron chi connectivity index (χ3n) is 4.53. The van der Waals surface area contributed by atoms with Crippen LogP contribution in [-0.4, -0.2) is 48.0 Å². The number of aromatic nitrogens is 3. The summed E-state index contributed by atoms with van der Waals surface area (Å²) in [6.45, 7) is 2.57. The van der Waals surface area contributed by atoms with Gasteiger partial charge in [-0.15, -0.1) is 0 Å². The van der Waals surface area contributed by atoms with Crippen LogP contribution in [0.4, 0.5) is 0 Å². The lowest BCUT2D eigenvalue weighted by Gasteiger charge is -2.25. The number of nitrogens with one attached hydrogen (secondary N) is 2. The summed E-state index contributed by atoms with van der Waals surface area (Å²) in [5.74, 6) is 2.56. The van der Waals surface area contributed by atoms with E-state index in [0.29, 0.717) is 19.8 Å². The molecule has 1 aliphatic rings. The Morgan fingerprint density at radius 1 is 1.19 bits per heavy atom. The van der Waals surface area contributed by atoms with Crippen LogP contribution in [0.25, 0.3) is 0 Å². The van der Waals surface area contributed by atoms with Crippen LogP contribution in [0, 0.1) is 0 Å². The van der Waals surface area contributed by atoms with Crippen LogP contribution in [0.2, 0.25) is 0 Å². The molecule has 1 aromatic carbocycles. The van der Waals surface area contributed by atoms with Crippen LogP contribution < -0.4 is 10.6 Å². The van der Waals surface area contributed by atoms with Crippen molar-refractivity contribution in [2.24, 2.45) is 4.99 Å². The Labute approximate surface area is 160 Å². The summed E-state index contributed by atoms with van der Waals surface area (Å²) < 4.78 is 12.2. The number of fused-ring (bicyclic) bond motifs is 1. The van der Waals surface area contributed by atoms with E-state index in [1.807, 2.05) is 4.68 Å². The quantitative estimate of drug-likeness (QED) is 0.562. The number of aryl methyl sites for hydroxylation is 1. The number of hydrogen-bond acceptors (Lipinski definition) is 5. The molecule has 0 fully saturated rings. The average Bonchev–Trinajstić information content (AvgIpc) is 3.08. The number of hydrogen-bond donors (Lipinski definition) is 2. The standard InChI is InChI=1S/C19H28N6O2/c1-20-19(21-10-14-4-6-15(7-5-14)12-26-2)22-16-8-9-18-23-17(13-27-3)24-25(18)11-16/h4-7,16H,8-13H2,1-3H3,(H2,20,21,22). The number of methoxy groups -OCH3 is 2. The van der Waals surface area contributed by atoms with Crippen molar-refractivity contribution in [3.05, 3.63) is 47.0 Å². The molecule has 146 valence electrons. The molecule has 1 atom stereocenters. The molecule has 0 bridgehead atoms. The van der Waals surface area contributed by atoms with Gasteiger partial charge >= 0.3 is 0 Å². The minimum Gasteiger partial charge on any atom is -0.380 e. The van der Waals surface area contributed by atoms with E-state index in [1.54, 1.807) is 21.3 Å². The SMILES string of the molecule is CN=C(NCc1ccc(COC)cc1)NC1CCc2nc(COC)nn2C1. The van der Waals surface area contributed by atoms with Crippen molar-refractivity contribution >= 4 is 5.96 Å². The Bertz CT molecular complexity index is 756. The van der Waals surface area contributed by atoms with Crippen molar-refractivity contribution in [1.29, 1.82) is 0 Å². The average molecular weight is 372 g/mol. The van der Waals surface area contributed by atoms with E-state index < -0.39 is 0 Å². The van der Waals surface area contributed by atoms with Gasteiger partial charge in [0.1, 0.15) is 12.4 Å². The van der Waals surface area contributed by atoms with E-state index in [4.69, 9.17) is 9.47 Å². The van der Waals surface area contributed by atoms with E-state index in [9.17, 15) is 0 Å². The maximum Gasteiger partial charge on any atom is 0.191 e. The van der Waals surface area contributed by atoms with E-state index in [1.165, 1.54) is 11.1 Å². The molecule has 0 saturated heterocycles. The summed E-state index contributed by atoms with van der Waals surface area (Å²) in [6, 6.07) is 8.65. The Balaban J connectivity index is 1.51. The van der Waals surface area contributed by atoms with E-state index in [0.717, 1.165) is 37.0 Å². The van der Waals surface area contributed by atoms with Crippen LogP contribution in [-0.2, 0) is 42.2 Å². The molecular weight excluding hydrogens is 344 g/mol. The van der Waals surface area contributed by atoms with Gasteiger partial charge in [0.25, 0.3) is 0 Å². The molecule has 1 aromatic heterocycles. The highest BCUT2D eigenvalue weighted by atomic mass is 16.5. The van der Waals surface area contributed by atoms with E-state index >= 15 is 0 Å². The van der Waals surface area contributed by atoms with Crippen molar-refractivity contribution < 1.29 is 9.47 Å². The first-order chi connectivity index (χ1) is 13.2. The number of ether oxygens (including phenoxy) is 2. The fraction of sp³-hybridized carbons (Fsp3) is 0.526. The molecule has 8 nitrogen and oxygen atoms in total. The monoisotopic (exact) mass is 372 g/mol. The normalized spacial score (nSPS) is 16.9. The highest BCUT2D eigenvalue weighted by molar-refractivity contribution is 5.79. The second-order valence-electron chi connectivity index (χ2n) is 6.61. The minimum atomic E-state index is 0.268. The fourth-order valence-electron chi connectivity index (χ4n) is 3.16. The van der Waals surface area contributed by atoms with E-state index in [-0.39, 0.29) is 6.04 Å². The zero-order valence-electron chi connectivity index (χ0n) is 16.2. The molecule has 0 amide bonds. The predicted octanol–water partition coefficient (Wildman–Crippen LogP) is 1.25. The molecular formula is C19H28N6O2. The van der Waals surface area contributed by atoms with Crippen LogP contribution in [0.3, 0.4) is 0 Å². The summed E-state index contributed by atoms with van der Waals surface area (Å²) in [6.07, 6.45) is 1.89. The van der Waals surface area contributed by atoms with Gasteiger partial charge in [-0.1, -0.05) is 24.3 Å². The van der Waals surface area contributed by atoms with Gasteiger partial charge < -0.3 is 20.1 Å². The zero-order valence-corrected chi connectivity index (χ0v) is 16.2. The molecule has 8 heteroatoms. The van der Waals surface area contributed by atoms with Gasteiger partial charge in [-0.2, -0.15) is 5.10 Å². The summed E-state index contributed by atoms with van der Waals surface area (Å²) in [4.78, 5) is 8.86. The maximum atomic E-state index is 5.14. The predicted molar refractivity (Wildman–Crippen MR) is 103 cm³/mol. The minimum absolute atomic E-state index is 0.268. The number of rotatable bonds is 7. The summed E-state index contributed by atoms with van der Waals surface area (Å²) in [7, 11) is 5.15. The Hall–Kier alpha value is -2.45. The molecule has 0 radical (unpaired) electrons. The van der Waals surface area contributed by atoms with Crippen LogP contribution in [0.5, 0.6) is 0 Å². The zero-order chi connectivity index (χ0) is 19.1. The lowest BCUT2D eigenvalue weighted by molar-refractivity contribution is 0.177. The number of guanidine groups is 1. The molecule has 2 aromatic rings. The molecule has 1 aliphatic heterocycles. The summed E-state index contributed by atoms with van der Waals surface area (Å²) >= 11 is 0. The molecule has 3 rings (SSSR count). The van der Waals surface area contributed by atoms with Gasteiger partial charge in [0.05, 0.1) is 13.2 Å². The van der Waals surface area contributed by atoms with Gasteiger partial charge in [-0.05, 0) is 17.5 Å².